The molecule has 0 saturated carbocycles. The van der Waals surface area contributed by atoms with Crippen LogP contribution in [0, 0.1) is 10.1 Å². The van der Waals surface area contributed by atoms with E-state index in [1.54, 1.807) is 51.6 Å². The minimum atomic E-state index is -3.68. The lowest BCUT2D eigenvalue weighted by Crippen LogP contribution is -2.19. The summed E-state index contributed by atoms with van der Waals surface area (Å²) >= 11 is 1.60. The summed E-state index contributed by atoms with van der Waals surface area (Å²) in [6.45, 7) is 7.16. The van der Waals surface area contributed by atoms with E-state index < -0.39 is 18.3 Å². The van der Waals surface area contributed by atoms with E-state index in [0.29, 0.717) is 11.3 Å². The number of hydrogen-bond acceptors (Lipinski definition) is 7. The van der Waals surface area contributed by atoms with Gasteiger partial charge in [0.1, 0.15) is 0 Å². The van der Waals surface area contributed by atoms with E-state index in [1.165, 1.54) is 12.1 Å². The van der Waals surface area contributed by atoms with Crippen LogP contribution in [0.3, 0.4) is 0 Å². The third-order valence-electron chi connectivity index (χ3n) is 3.82. The number of anilines is 1. The maximum absolute atomic E-state index is 13.9. The Morgan fingerprint density at radius 3 is 2.10 bits per heavy atom. The Labute approximate surface area is 175 Å². The number of rotatable bonds is 10. The van der Waals surface area contributed by atoms with Crippen molar-refractivity contribution in [3.05, 3.63) is 64.2 Å². The van der Waals surface area contributed by atoms with Crippen LogP contribution in [0.5, 0.6) is 0 Å². The van der Waals surface area contributed by atoms with Crippen molar-refractivity contribution in [2.75, 3.05) is 11.6 Å². The number of non-ortho nitro benzene ring substituents is 1. The predicted molar refractivity (Wildman–Crippen MR) is 118 cm³/mol. The number of nitro groups is 1. The maximum atomic E-state index is 13.9. The Bertz CT molecular complexity index is 859. The SMILES string of the molecule is CSc1ccc(C(Nc2cccc([N+](=O)[O-])c2)P(=O)(OC(C)C)OC(C)C)cc1. The maximum Gasteiger partial charge on any atom is 0.357 e. The standard InChI is InChI=1S/C20H27N2O5PS/c1-14(2)26-28(25,27-15(3)4)20(16-9-11-19(29-5)12-10-16)21-17-7-6-8-18(13-17)22(23)24/h6-15,20-21H,1-5H3. The molecule has 2 rings (SSSR count). The van der Waals surface area contributed by atoms with Gasteiger partial charge in [-0.05, 0) is 57.7 Å². The molecule has 0 radical (unpaired) electrons. The molecule has 0 spiro atoms. The molecule has 0 aromatic heterocycles. The van der Waals surface area contributed by atoms with E-state index in [-0.39, 0.29) is 17.9 Å². The number of nitrogens with one attached hydrogen (secondary N) is 1. The summed E-state index contributed by atoms with van der Waals surface area (Å²) in [5, 5.41) is 14.3. The highest BCUT2D eigenvalue weighted by Gasteiger charge is 2.39. The first-order chi connectivity index (χ1) is 13.6. The topological polar surface area (TPSA) is 90.7 Å². The van der Waals surface area contributed by atoms with Gasteiger partial charge < -0.3 is 14.4 Å². The first-order valence-corrected chi connectivity index (χ1v) is 12.1. The summed E-state index contributed by atoms with van der Waals surface area (Å²) in [6.07, 6.45) is 1.31. The molecule has 0 bridgehead atoms. The molecule has 1 atom stereocenters. The van der Waals surface area contributed by atoms with Gasteiger partial charge in [-0.3, -0.25) is 14.7 Å². The molecule has 0 aliphatic carbocycles. The molecule has 1 unspecified atom stereocenters. The van der Waals surface area contributed by atoms with Gasteiger partial charge >= 0.3 is 7.60 Å². The molecule has 7 nitrogen and oxygen atoms in total. The van der Waals surface area contributed by atoms with Crippen molar-refractivity contribution in [2.45, 2.75) is 50.6 Å². The lowest BCUT2D eigenvalue weighted by atomic mass is 10.2. The molecular weight excluding hydrogens is 411 g/mol. The van der Waals surface area contributed by atoms with Crippen molar-refractivity contribution in [3.8, 4) is 0 Å². The van der Waals surface area contributed by atoms with Crippen molar-refractivity contribution in [3.63, 3.8) is 0 Å². The molecule has 0 amide bonds. The van der Waals surface area contributed by atoms with Gasteiger partial charge in [0.2, 0.25) is 0 Å². The van der Waals surface area contributed by atoms with Crippen LogP contribution in [0.1, 0.15) is 39.0 Å². The molecule has 1 N–H and O–H groups in total. The Balaban J connectivity index is 2.52. The smallest absolute Gasteiger partial charge is 0.357 e. The number of thioether (sulfide) groups is 1. The number of hydrogen-bond donors (Lipinski definition) is 1. The molecule has 0 saturated heterocycles. The van der Waals surface area contributed by atoms with E-state index in [4.69, 9.17) is 9.05 Å². The molecule has 2 aromatic carbocycles. The van der Waals surface area contributed by atoms with Gasteiger partial charge in [-0.15, -0.1) is 11.8 Å². The van der Waals surface area contributed by atoms with Crippen LogP contribution < -0.4 is 5.32 Å². The third kappa shape index (κ3) is 6.57. The summed E-state index contributed by atoms with van der Waals surface area (Å²) in [7, 11) is -3.68. The van der Waals surface area contributed by atoms with Crippen LogP contribution >= 0.6 is 19.4 Å². The number of nitrogens with zero attached hydrogens (tertiary/aromatic N) is 1. The Morgan fingerprint density at radius 1 is 1.03 bits per heavy atom. The summed E-state index contributed by atoms with van der Waals surface area (Å²) in [6, 6.07) is 13.6. The zero-order valence-electron chi connectivity index (χ0n) is 17.2. The second kappa shape index (κ2) is 10.3. The van der Waals surface area contributed by atoms with Crippen LogP contribution in [-0.4, -0.2) is 23.4 Å². The van der Waals surface area contributed by atoms with Gasteiger partial charge in [0.05, 0.1) is 17.1 Å². The zero-order valence-corrected chi connectivity index (χ0v) is 18.9. The van der Waals surface area contributed by atoms with Crippen molar-refractivity contribution < 1.29 is 18.5 Å². The van der Waals surface area contributed by atoms with Gasteiger partial charge in [-0.2, -0.15) is 0 Å². The second-order valence-corrected chi connectivity index (χ2v) is 9.87. The van der Waals surface area contributed by atoms with E-state index >= 15 is 0 Å². The van der Waals surface area contributed by atoms with Crippen LogP contribution in [0.15, 0.2) is 53.4 Å². The average Bonchev–Trinajstić information content (AvgIpc) is 2.65. The molecule has 2 aromatic rings. The van der Waals surface area contributed by atoms with Crippen molar-refractivity contribution in [2.24, 2.45) is 0 Å². The van der Waals surface area contributed by atoms with Gasteiger partial charge in [0.15, 0.2) is 5.78 Å². The summed E-state index contributed by atoms with van der Waals surface area (Å²) in [4.78, 5) is 11.7. The number of benzene rings is 2. The van der Waals surface area contributed by atoms with Crippen LogP contribution in [-0.2, 0) is 13.6 Å². The Kier molecular flexibility index (Phi) is 8.28. The fraction of sp³-hybridized carbons (Fsp3) is 0.400. The van der Waals surface area contributed by atoms with E-state index in [2.05, 4.69) is 5.32 Å². The van der Waals surface area contributed by atoms with Gasteiger partial charge in [-0.25, -0.2) is 0 Å². The van der Waals surface area contributed by atoms with Crippen LogP contribution in [0.25, 0.3) is 0 Å². The molecular formula is C20H27N2O5PS. The number of nitro benzene ring substituents is 1. The van der Waals surface area contributed by atoms with E-state index in [0.717, 1.165) is 4.90 Å². The minimum Gasteiger partial charge on any atom is -0.368 e. The highest BCUT2D eigenvalue weighted by molar-refractivity contribution is 7.98. The molecule has 0 heterocycles. The van der Waals surface area contributed by atoms with Crippen LogP contribution in [0.4, 0.5) is 11.4 Å². The van der Waals surface area contributed by atoms with Crippen LogP contribution in [0.2, 0.25) is 0 Å². The Hall–Kier alpha value is -1.86. The summed E-state index contributed by atoms with van der Waals surface area (Å²) in [5.74, 6) is -0.829. The average molecular weight is 438 g/mol. The third-order valence-corrected chi connectivity index (χ3v) is 7.06. The van der Waals surface area contributed by atoms with E-state index in [9.17, 15) is 14.7 Å². The monoisotopic (exact) mass is 438 g/mol. The fourth-order valence-electron chi connectivity index (χ4n) is 2.73. The van der Waals surface area contributed by atoms with Crippen molar-refractivity contribution in [1.29, 1.82) is 0 Å². The molecule has 0 fully saturated rings. The van der Waals surface area contributed by atoms with Gasteiger partial charge in [0.25, 0.3) is 5.69 Å². The van der Waals surface area contributed by atoms with Crippen molar-refractivity contribution in [1.82, 2.24) is 0 Å². The minimum absolute atomic E-state index is 0.0594. The van der Waals surface area contributed by atoms with Gasteiger partial charge in [0, 0.05) is 22.7 Å². The molecule has 9 heteroatoms. The fourth-order valence-corrected chi connectivity index (χ4v) is 5.45. The van der Waals surface area contributed by atoms with E-state index in [1.807, 2.05) is 30.5 Å². The lowest BCUT2D eigenvalue weighted by Gasteiger charge is -2.31. The predicted octanol–water partition coefficient (Wildman–Crippen LogP) is 6.47. The van der Waals surface area contributed by atoms with Gasteiger partial charge in [-0.1, -0.05) is 18.2 Å². The molecule has 0 aliphatic heterocycles. The first kappa shape index (κ1) is 23.4. The molecule has 0 aliphatic rings. The largest absolute Gasteiger partial charge is 0.368 e. The summed E-state index contributed by atoms with van der Waals surface area (Å²) < 4.78 is 25.5. The molecule has 29 heavy (non-hydrogen) atoms. The lowest BCUT2D eigenvalue weighted by molar-refractivity contribution is -0.384. The molecule has 158 valence electrons. The van der Waals surface area contributed by atoms with Crippen molar-refractivity contribution >= 4 is 30.7 Å². The first-order valence-electron chi connectivity index (χ1n) is 9.26. The second-order valence-electron chi connectivity index (χ2n) is 6.98. The quantitative estimate of drug-likeness (QED) is 0.197. The normalized spacial score (nSPS) is 12.9. The summed E-state index contributed by atoms with van der Waals surface area (Å²) in [5.41, 5.74) is 1.10. The highest BCUT2D eigenvalue weighted by atomic mass is 32.2. The zero-order chi connectivity index (χ0) is 21.6. The highest BCUT2D eigenvalue weighted by Crippen LogP contribution is 2.62. The Morgan fingerprint density at radius 2 is 1.62 bits per heavy atom.